The number of benzene rings is 3. The van der Waals surface area contributed by atoms with Gasteiger partial charge in [-0.1, -0.05) is 25.0 Å². The Balaban J connectivity index is 1.57. The molecule has 3 aromatic carbocycles. The van der Waals surface area contributed by atoms with Crippen LogP contribution in [0.3, 0.4) is 0 Å². The SMILES string of the molecule is CCN(CCCCCCO)c1cccc(C(c2cc(/C=N/n3nnnc3C)ccc2O)c2cc(/C=N/n3nnnc3C)ccc2O)c1. The minimum atomic E-state index is -0.565. The first-order valence-electron chi connectivity index (χ1n) is 15.6. The summed E-state index contributed by atoms with van der Waals surface area (Å²) < 4.78 is 0. The molecule has 0 radical (unpaired) electrons. The molecule has 0 aliphatic rings. The van der Waals surface area contributed by atoms with Gasteiger partial charge in [-0.2, -0.15) is 10.2 Å². The normalized spacial score (nSPS) is 11.8. The molecule has 14 heteroatoms. The summed E-state index contributed by atoms with van der Waals surface area (Å²) in [6.45, 7) is 7.52. The van der Waals surface area contributed by atoms with E-state index in [0.29, 0.717) is 33.9 Å². The first kappa shape index (κ1) is 32.9. The zero-order chi connectivity index (χ0) is 33.2. The number of unbranched alkanes of at least 4 members (excludes halogenated alkanes) is 3. The van der Waals surface area contributed by atoms with Crippen molar-refractivity contribution in [3.63, 3.8) is 0 Å². The molecule has 0 amide bonds. The monoisotopic (exact) mass is 637 g/mol. The van der Waals surface area contributed by atoms with Crippen LogP contribution in [0.2, 0.25) is 0 Å². The van der Waals surface area contributed by atoms with E-state index in [4.69, 9.17) is 5.11 Å². The van der Waals surface area contributed by atoms with E-state index in [1.807, 2.05) is 24.3 Å². The lowest BCUT2D eigenvalue weighted by Crippen LogP contribution is -2.24. The average Bonchev–Trinajstić information content (AvgIpc) is 3.69. The minimum absolute atomic E-state index is 0.0650. The summed E-state index contributed by atoms with van der Waals surface area (Å²) in [5.74, 6) is 0.628. The number of anilines is 1. The second-order valence-corrected chi connectivity index (χ2v) is 11.1. The molecule has 5 rings (SSSR count). The lowest BCUT2D eigenvalue weighted by molar-refractivity contribution is 0.282. The van der Waals surface area contributed by atoms with Gasteiger partial charge in [-0.15, -0.1) is 19.8 Å². The van der Waals surface area contributed by atoms with Gasteiger partial charge in [0.2, 0.25) is 0 Å². The highest BCUT2D eigenvalue weighted by atomic mass is 16.3. The van der Waals surface area contributed by atoms with Crippen LogP contribution in [0.15, 0.2) is 70.9 Å². The van der Waals surface area contributed by atoms with E-state index >= 15 is 0 Å². The number of aromatic hydroxyl groups is 2. The molecule has 0 atom stereocenters. The second kappa shape index (κ2) is 15.7. The fourth-order valence-corrected chi connectivity index (χ4v) is 5.35. The molecule has 2 aromatic heterocycles. The summed E-state index contributed by atoms with van der Waals surface area (Å²) in [6, 6.07) is 18.6. The van der Waals surface area contributed by atoms with Crippen molar-refractivity contribution in [3.05, 3.63) is 100 Å². The zero-order valence-electron chi connectivity index (χ0n) is 26.7. The van der Waals surface area contributed by atoms with E-state index in [9.17, 15) is 10.2 Å². The van der Waals surface area contributed by atoms with Gasteiger partial charge in [0, 0.05) is 42.4 Å². The molecule has 0 aliphatic carbocycles. The third kappa shape index (κ3) is 8.21. The quantitative estimate of drug-likeness (QED) is 0.0864. The molecule has 0 spiro atoms. The van der Waals surface area contributed by atoms with Gasteiger partial charge in [-0.3, -0.25) is 0 Å². The summed E-state index contributed by atoms with van der Waals surface area (Å²) >= 11 is 0. The molecular formula is C33H39N11O3. The van der Waals surface area contributed by atoms with E-state index in [0.717, 1.165) is 50.0 Å². The number of aryl methyl sites for hydroxylation is 2. The van der Waals surface area contributed by atoms with Crippen LogP contribution in [0.4, 0.5) is 5.69 Å². The Kier molecular flexibility index (Phi) is 11.0. The fraction of sp³-hybridized carbons (Fsp3) is 0.333. The molecule has 0 aliphatic heterocycles. The minimum Gasteiger partial charge on any atom is -0.508 e. The van der Waals surface area contributed by atoms with Gasteiger partial charge in [0.1, 0.15) is 11.5 Å². The number of hydrogen-bond acceptors (Lipinski definition) is 12. The number of aliphatic hydroxyl groups is 1. The number of phenolic OH excluding ortho intramolecular Hbond substituents is 2. The molecular weight excluding hydrogens is 598 g/mol. The third-order valence-corrected chi connectivity index (χ3v) is 7.85. The number of hydrogen-bond donors (Lipinski definition) is 3. The van der Waals surface area contributed by atoms with Crippen LogP contribution >= 0.6 is 0 Å². The maximum absolute atomic E-state index is 11.3. The molecule has 0 fully saturated rings. The summed E-state index contributed by atoms with van der Waals surface area (Å²) in [4.78, 5) is 4.95. The van der Waals surface area contributed by atoms with Gasteiger partial charge >= 0.3 is 0 Å². The van der Waals surface area contributed by atoms with Crippen LogP contribution < -0.4 is 4.90 Å². The number of rotatable bonds is 15. The van der Waals surface area contributed by atoms with E-state index in [2.05, 4.69) is 65.2 Å². The standard InChI is InChI=1S/C33H39N11O3/c1-4-42(16-7-5-6-8-17-45)28-11-9-10-27(20-28)33(29-18-25(12-14-31(29)46)21-34-43-23(2)36-38-40-43)30-19-26(13-15-32(30)47)22-35-44-24(3)37-39-41-44/h9-15,18-22,33,45-47H,4-8,16-17H2,1-3H3/b34-21+,35-22+. The highest BCUT2D eigenvalue weighted by molar-refractivity contribution is 5.82. The summed E-state index contributed by atoms with van der Waals surface area (Å²) in [6.07, 6.45) is 7.09. The molecule has 2 heterocycles. The van der Waals surface area contributed by atoms with E-state index < -0.39 is 5.92 Å². The third-order valence-electron chi connectivity index (χ3n) is 7.85. The lowest BCUT2D eigenvalue weighted by atomic mass is 9.82. The second-order valence-electron chi connectivity index (χ2n) is 11.1. The Hall–Kier alpha value is -5.50. The van der Waals surface area contributed by atoms with Crippen molar-refractivity contribution in [1.82, 2.24) is 40.6 Å². The Morgan fingerprint density at radius 1 is 0.766 bits per heavy atom. The molecule has 47 heavy (non-hydrogen) atoms. The van der Waals surface area contributed by atoms with E-state index in [1.165, 1.54) is 9.58 Å². The van der Waals surface area contributed by atoms with Crippen LogP contribution in [-0.2, 0) is 0 Å². The number of phenols is 2. The Morgan fingerprint density at radius 2 is 1.34 bits per heavy atom. The lowest BCUT2D eigenvalue weighted by Gasteiger charge is -2.26. The molecule has 244 valence electrons. The maximum atomic E-state index is 11.3. The summed E-state index contributed by atoms with van der Waals surface area (Å²) in [5.41, 5.74) is 4.48. The predicted molar refractivity (Wildman–Crippen MR) is 178 cm³/mol. The first-order valence-corrected chi connectivity index (χ1v) is 15.6. The highest BCUT2D eigenvalue weighted by Gasteiger charge is 2.24. The molecule has 0 saturated carbocycles. The topological polar surface area (TPSA) is 176 Å². The van der Waals surface area contributed by atoms with Gasteiger partial charge < -0.3 is 20.2 Å². The van der Waals surface area contributed by atoms with Gasteiger partial charge in [-0.25, -0.2) is 0 Å². The van der Waals surface area contributed by atoms with Gasteiger partial charge in [0.05, 0.1) is 12.4 Å². The molecule has 5 aromatic rings. The molecule has 0 saturated heterocycles. The van der Waals surface area contributed by atoms with Crippen molar-refractivity contribution in [3.8, 4) is 11.5 Å². The van der Waals surface area contributed by atoms with Crippen LogP contribution in [0.5, 0.6) is 11.5 Å². The van der Waals surface area contributed by atoms with Gasteiger partial charge in [-0.05, 0) is 120 Å². The molecule has 0 bridgehead atoms. The number of aromatic nitrogens is 8. The number of aliphatic hydroxyl groups excluding tert-OH is 1. The highest BCUT2D eigenvalue weighted by Crippen LogP contribution is 2.42. The largest absolute Gasteiger partial charge is 0.508 e. The maximum Gasteiger partial charge on any atom is 0.173 e. The van der Waals surface area contributed by atoms with Gasteiger partial charge in [0.15, 0.2) is 11.6 Å². The predicted octanol–water partition coefficient (Wildman–Crippen LogP) is 4.01. The van der Waals surface area contributed by atoms with Crippen LogP contribution in [0.1, 0.15) is 78.0 Å². The zero-order valence-corrected chi connectivity index (χ0v) is 26.7. The molecule has 14 nitrogen and oxygen atoms in total. The van der Waals surface area contributed by atoms with Crippen molar-refractivity contribution in [1.29, 1.82) is 0 Å². The molecule has 3 N–H and O–H groups in total. The fourth-order valence-electron chi connectivity index (χ4n) is 5.35. The van der Waals surface area contributed by atoms with Crippen LogP contribution in [-0.4, -0.2) is 88.1 Å². The Morgan fingerprint density at radius 3 is 1.85 bits per heavy atom. The Bertz CT molecular complexity index is 1730. The first-order chi connectivity index (χ1) is 22.9. The smallest absolute Gasteiger partial charge is 0.173 e. The summed E-state index contributed by atoms with van der Waals surface area (Å²) in [5, 5.41) is 63.2. The van der Waals surface area contributed by atoms with E-state index in [1.54, 1.807) is 50.5 Å². The van der Waals surface area contributed by atoms with Crippen LogP contribution in [0.25, 0.3) is 0 Å². The number of tetrazole rings is 2. The Labute approximate surface area is 272 Å². The van der Waals surface area contributed by atoms with E-state index in [-0.39, 0.29) is 18.1 Å². The van der Waals surface area contributed by atoms with Crippen molar-refractivity contribution in [2.24, 2.45) is 10.2 Å². The van der Waals surface area contributed by atoms with Crippen molar-refractivity contribution < 1.29 is 15.3 Å². The van der Waals surface area contributed by atoms with Gasteiger partial charge in [0.25, 0.3) is 0 Å². The average molecular weight is 638 g/mol. The number of nitrogens with zero attached hydrogens (tertiary/aromatic N) is 11. The van der Waals surface area contributed by atoms with Crippen molar-refractivity contribution in [2.75, 3.05) is 24.6 Å². The van der Waals surface area contributed by atoms with Crippen molar-refractivity contribution >= 4 is 18.1 Å². The van der Waals surface area contributed by atoms with Crippen LogP contribution in [0, 0.1) is 13.8 Å². The summed E-state index contributed by atoms with van der Waals surface area (Å²) in [7, 11) is 0. The van der Waals surface area contributed by atoms with Crippen molar-refractivity contribution in [2.45, 2.75) is 52.4 Å². The molecule has 0 unspecified atom stereocenters.